The Labute approximate surface area is 336 Å². The average molecular weight is 864 g/mol. The molecule has 0 aromatic rings. The van der Waals surface area contributed by atoms with Crippen molar-refractivity contribution < 1.29 is 118 Å². The van der Waals surface area contributed by atoms with Crippen molar-refractivity contribution in [3.05, 3.63) is 0 Å². The molecule has 1 amide bonds. The Hall–Kier alpha value is -1.90. The summed E-state index contributed by atoms with van der Waals surface area (Å²) in [5.41, 5.74) is 0. The quantitative estimate of drug-likeness (QED) is 0.0810. The highest BCUT2D eigenvalue weighted by molar-refractivity contribution is 5.73. The summed E-state index contributed by atoms with van der Waals surface area (Å²) >= 11 is 0. The lowest BCUT2D eigenvalue weighted by atomic mass is 9.94. The first-order chi connectivity index (χ1) is 27.7. The Bertz CT molecular complexity index is 1380. The van der Waals surface area contributed by atoms with Crippen LogP contribution in [0.25, 0.3) is 0 Å². The lowest BCUT2D eigenvalue weighted by Crippen LogP contribution is -2.70. The van der Waals surface area contributed by atoms with Crippen molar-refractivity contribution in [1.82, 2.24) is 5.32 Å². The van der Waals surface area contributed by atoms with Crippen molar-refractivity contribution in [2.75, 3.05) is 13.2 Å². The van der Waals surface area contributed by atoms with Crippen LogP contribution in [-0.2, 0) is 57.0 Å². The molecule has 0 aliphatic carbocycles. The molecular formula is C34H57NO24. The minimum Gasteiger partial charge on any atom is -0.454 e. The van der Waals surface area contributed by atoms with Crippen molar-refractivity contribution in [2.45, 2.75) is 188 Å². The second-order valence-electron chi connectivity index (χ2n) is 15.2. The molecule has 342 valence electrons. The van der Waals surface area contributed by atoms with Crippen molar-refractivity contribution in [3.8, 4) is 0 Å². The number of aliphatic hydroxyl groups is 12. The van der Waals surface area contributed by atoms with Gasteiger partial charge in [-0.25, -0.2) is 0 Å². The van der Waals surface area contributed by atoms with E-state index >= 15 is 0 Å². The van der Waals surface area contributed by atoms with Crippen LogP contribution in [0, 0.1) is 0 Å². The fourth-order valence-corrected chi connectivity index (χ4v) is 7.52. The number of amides is 1. The maximum Gasteiger partial charge on any atom is 0.303 e. The summed E-state index contributed by atoms with van der Waals surface area (Å²) in [6.07, 6.45) is -41.2. The lowest BCUT2D eigenvalue weighted by Gasteiger charge is -2.51. The number of ether oxygens (including phenoxy) is 10. The van der Waals surface area contributed by atoms with Gasteiger partial charge in [-0.3, -0.25) is 9.59 Å². The van der Waals surface area contributed by atoms with Crippen LogP contribution in [0.5, 0.6) is 0 Å². The predicted octanol–water partition coefficient (Wildman–Crippen LogP) is -8.13. The molecule has 5 aliphatic rings. The number of rotatable bonds is 12. The van der Waals surface area contributed by atoms with Gasteiger partial charge in [-0.1, -0.05) is 0 Å². The topological polar surface area (TPSA) is 381 Å². The SMILES string of the molecule is CC(=O)N[C@H]1C(O[C@@H]2OC(C)[C@H](O)C(O)[C@@H]2OC(C)=O)[C@H](O)C(CO)O[C@H]1O[C@H]1C(O[C@H]2O[C@@H](CO)[C@@H](O)C(O)C2O)[C@@H](O)C(C)O[C@H]1O[C@H]1C(O)[C@@H](O)C(C)O[C@H]1O. The molecule has 25 atom stereocenters. The Morgan fingerprint density at radius 2 is 0.949 bits per heavy atom. The van der Waals surface area contributed by atoms with E-state index in [2.05, 4.69) is 5.32 Å². The van der Waals surface area contributed by atoms with Crippen molar-refractivity contribution in [2.24, 2.45) is 0 Å². The summed E-state index contributed by atoms with van der Waals surface area (Å²) in [6.45, 7) is 4.32. The van der Waals surface area contributed by atoms with Gasteiger partial charge in [-0.2, -0.15) is 0 Å². The van der Waals surface area contributed by atoms with Crippen LogP contribution >= 0.6 is 0 Å². The third-order valence-corrected chi connectivity index (χ3v) is 10.9. The molecule has 0 bridgehead atoms. The molecule has 25 heteroatoms. The summed E-state index contributed by atoms with van der Waals surface area (Å²) in [5.74, 6) is -1.71. The van der Waals surface area contributed by atoms with E-state index in [4.69, 9.17) is 47.4 Å². The lowest BCUT2D eigenvalue weighted by molar-refractivity contribution is -0.403. The molecule has 0 radical (unpaired) electrons. The van der Waals surface area contributed by atoms with E-state index in [1.807, 2.05) is 0 Å². The minimum atomic E-state index is -2.02. The molecule has 0 spiro atoms. The third-order valence-electron chi connectivity index (χ3n) is 10.9. The normalized spacial score (nSPS) is 50.8. The number of hydrogen-bond donors (Lipinski definition) is 13. The molecule has 13 N–H and O–H groups in total. The number of nitrogens with one attached hydrogen (secondary N) is 1. The van der Waals surface area contributed by atoms with Crippen LogP contribution in [0.2, 0.25) is 0 Å². The first-order valence-corrected chi connectivity index (χ1v) is 19.1. The van der Waals surface area contributed by atoms with Gasteiger partial charge in [0.05, 0.1) is 31.5 Å². The summed E-state index contributed by atoms with van der Waals surface area (Å²) in [7, 11) is 0. The van der Waals surface area contributed by atoms with Crippen LogP contribution in [-0.4, -0.2) is 240 Å². The number of hydrogen-bond acceptors (Lipinski definition) is 24. The molecule has 5 saturated heterocycles. The number of carbonyl (C=O) groups is 2. The zero-order valence-corrected chi connectivity index (χ0v) is 32.6. The third kappa shape index (κ3) is 10.3. The van der Waals surface area contributed by atoms with Gasteiger partial charge in [0.15, 0.2) is 37.6 Å². The van der Waals surface area contributed by atoms with Crippen LogP contribution in [0.4, 0.5) is 0 Å². The first-order valence-electron chi connectivity index (χ1n) is 19.1. The van der Waals surface area contributed by atoms with Gasteiger partial charge in [-0.05, 0) is 20.8 Å². The van der Waals surface area contributed by atoms with Crippen LogP contribution in [0.3, 0.4) is 0 Å². The number of aliphatic hydroxyl groups excluding tert-OH is 12. The maximum absolute atomic E-state index is 12.7. The largest absolute Gasteiger partial charge is 0.454 e. The average Bonchev–Trinajstić information content (AvgIpc) is 3.18. The van der Waals surface area contributed by atoms with E-state index in [0.717, 1.165) is 13.8 Å². The Balaban J connectivity index is 1.55. The van der Waals surface area contributed by atoms with E-state index in [1.165, 1.54) is 20.8 Å². The van der Waals surface area contributed by atoms with Gasteiger partial charge in [-0.15, -0.1) is 0 Å². The van der Waals surface area contributed by atoms with E-state index in [1.54, 1.807) is 0 Å². The molecule has 0 saturated carbocycles. The monoisotopic (exact) mass is 863 g/mol. The Morgan fingerprint density at radius 1 is 0.475 bits per heavy atom. The first kappa shape index (κ1) is 48.1. The van der Waals surface area contributed by atoms with Crippen LogP contribution in [0.1, 0.15) is 34.6 Å². The molecule has 5 rings (SSSR count). The van der Waals surface area contributed by atoms with E-state index in [9.17, 15) is 70.9 Å². The highest BCUT2D eigenvalue weighted by Gasteiger charge is 2.57. The molecule has 25 nitrogen and oxygen atoms in total. The highest BCUT2D eigenvalue weighted by Crippen LogP contribution is 2.37. The summed E-state index contributed by atoms with van der Waals surface area (Å²) < 4.78 is 57.8. The van der Waals surface area contributed by atoms with Crippen molar-refractivity contribution in [1.29, 1.82) is 0 Å². The second-order valence-corrected chi connectivity index (χ2v) is 15.2. The van der Waals surface area contributed by atoms with Gasteiger partial charge in [0, 0.05) is 13.8 Å². The second kappa shape index (κ2) is 20.1. The molecule has 0 aromatic carbocycles. The summed E-state index contributed by atoms with van der Waals surface area (Å²) in [4.78, 5) is 24.7. The zero-order chi connectivity index (χ0) is 43.8. The molecular weight excluding hydrogens is 806 g/mol. The molecule has 5 heterocycles. The number of esters is 1. The van der Waals surface area contributed by atoms with Gasteiger partial charge in [0.1, 0.15) is 97.6 Å². The molecule has 0 aromatic heterocycles. The smallest absolute Gasteiger partial charge is 0.303 e. The molecule has 5 aliphatic heterocycles. The highest BCUT2D eigenvalue weighted by atomic mass is 16.8. The fraction of sp³-hybridized carbons (Fsp3) is 0.941. The predicted molar refractivity (Wildman–Crippen MR) is 183 cm³/mol. The van der Waals surface area contributed by atoms with E-state index in [0.29, 0.717) is 0 Å². The van der Waals surface area contributed by atoms with Crippen molar-refractivity contribution in [3.63, 3.8) is 0 Å². The van der Waals surface area contributed by atoms with E-state index < -0.39 is 179 Å². The van der Waals surface area contributed by atoms with Crippen molar-refractivity contribution >= 4 is 11.9 Å². The molecule has 5 fully saturated rings. The Morgan fingerprint density at radius 3 is 1.53 bits per heavy atom. The van der Waals surface area contributed by atoms with Gasteiger partial charge in [0.2, 0.25) is 5.91 Å². The number of carbonyl (C=O) groups excluding carboxylic acids is 2. The van der Waals surface area contributed by atoms with Crippen LogP contribution < -0.4 is 5.32 Å². The fourth-order valence-electron chi connectivity index (χ4n) is 7.52. The summed E-state index contributed by atoms with van der Waals surface area (Å²) in [5, 5.41) is 131. The molecule has 10 unspecified atom stereocenters. The summed E-state index contributed by atoms with van der Waals surface area (Å²) in [6, 6.07) is -1.67. The Kier molecular flexibility index (Phi) is 16.4. The standard InChI is InChI=1S/C34H57NO24/c1-8-16(40)22(46)27(30(49)50-8)58-34-29(26(18(42)10(3)52-34)57-32-24(48)21(45)19(43)13(6-36)55-32)59-31-15(35-11(4)38)25(20(44)14(7-37)54-31)56-33-28(53-12(5)39)23(47)17(41)9(2)51-33/h8-10,13-34,36-37,40-49H,6-7H2,1-5H3,(H,35,38)/t8?,9?,10?,13-,14?,15-,16-,17-,18-,19+,20+,21?,22?,23?,24?,25?,26?,27-,28-,29-,30+,31-,32+,33-,34-/m0/s1. The van der Waals surface area contributed by atoms with Gasteiger partial charge < -0.3 is 114 Å². The van der Waals surface area contributed by atoms with E-state index in [-0.39, 0.29) is 0 Å². The van der Waals surface area contributed by atoms with Gasteiger partial charge >= 0.3 is 5.97 Å². The minimum absolute atomic E-state index is 0.787. The maximum atomic E-state index is 12.7. The zero-order valence-electron chi connectivity index (χ0n) is 32.6. The van der Waals surface area contributed by atoms with Crippen LogP contribution in [0.15, 0.2) is 0 Å². The molecule has 59 heavy (non-hydrogen) atoms. The van der Waals surface area contributed by atoms with Gasteiger partial charge in [0.25, 0.3) is 0 Å².